The van der Waals surface area contributed by atoms with Gasteiger partial charge in [-0.05, 0) is 58.4 Å². The number of nitrogens with zero attached hydrogens (tertiary/aromatic N) is 2. The van der Waals surface area contributed by atoms with Crippen LogP contribution in [0.1, 0.15) is 39.5 Å². The lowest BCUT2D eigenvalue weighted by atomic mass is 9.76. The van der Waals surface area contributed by atoms with Crippen LogP contribution in [0, 0.1) is 5.41 Å². The molecule has 0 unspecified atom stereocenters. The largest absolute Gasteiger partial charge is 0.466 e. The third-order valence-corrected chi connectivity index (χ3v) is 4.18. The van der Waals surface area contributed by atoms with E-state index in [0.29, 0.717) is 16.7 Å². The highest BCUT2D eigenvalue weighted by Gasteiger charge is 2.28. The van der Waals surface area contributed by atoms with E-state index in [1.807, 2.05) is 0 Å². The van der Waals surface area contributed by atoms with E-state index in [-0.39, 0.29) is 0 Å². The van der Waals surface area contributed by atoms with E-state index in [4.69, 9.17) is 4.74 Å². The maximum Gasteiger partial charge on any atom is 0.295 e. The molecule has 0 N–H and O–H groups in total. The lowest BCUT2D eigenvalue weighted by Gasteiger charge is -2.33. The van der Waals surface area contributed by atoms with Crippen LogP contribution in [-0.4, -0.2) is 16.3 Å². The molecule has 0 amide bonds. The van der Waals surface area contributed by atoms with Crippen molar-refractivity contribution in [2.45, 2.75) is 45.6 Å². The van der Waals surface area contributed by atoms with Gasteiger partial charge in [-0.1, -0.05) is 18.9 Å². The van der Waals surface area contributed by atoms with Crippen molar-refractivity contribution < 1.29 is 4.74 Å². The van der Waals surface area contributed by atoms with Crippen molar-refractivity contribution in [2.75, 3.05) is 0 Å². The van der Waals surface area contributed by atoms with E-state index in [0.717, 1.165) is 16.8 Å². The predicted molar refractivity (Wildman–Crippen MR) is 64.3 cm³/mol. The van der Waals surface area contributed by atoms with Gasteiger partial charge in [0.25, 0.3) is 5.19 Å². The first-order valence-corrected chi connectivity index (χ1v) is 6.82. The van der Waals surface area contributed by atoms with Gasteiger partial charge in [-0.3, -0.25) is 0 Å². The number of halogens is 1. The molecule has 2 rings (SSSR count). The third-order valence-electron chi connectivity index (χ3n) is 2.94. The monoisotopic (exact) mass is 290 g/mol. The zero-order valence-corrected chi connectivity index (χ0v) is 11.4. The molecule has 1 aliphatic rings. The minimum atomic E-state index is 0.331. The topological polar surface area (TPSA) is 35.0 Å². The van der Waals surface area contributed by atoms with Crippen molar-refractivity contribution in [1.82, 2.24) is 10.2 Å². The Morgan fingerprint density at radius 1 is 1.33 bits per heavy atom. The smallest absolute Gasteiger partial charge is 0.295 e. The van der Waals surface area contributed by atoms with Gasteiger partial charge in [0.1, 0.15) is 6.10 Å². The number of hydrogen-bond acceptors (Lipinski definition) is 4. The molecule has 0 saturated heterocycles. The minimum Gasteiger partial charge on any atom is -0.466 e. The summed E-state index contributed by atoms with van der Waals surface area (Å²) in [7, 11) is 0. The molecule has 0 radical (unpaired) electrons. The van der Waals surface area contributed by atoms with Crippen molar-refractivity contribution in [3.05, 3.63) is 3.92 Å². The quantitative estimate of drug-likeness (QED) is 0.834. The molecule has 84 valence electrons. The molecule has 3 nitrogen and oxygen atoms in total. The lowest BCUT2D eigenvalue weighted by Crippen LogP contribution is -2.28. The molecule has 5 heteroatoms. The fourth-order valence-electron chi connectivity index (χ4n) is 1.87. The molecule has 1 heterocycles. The molecule has 0 aromatic carbocycles. The van der Waals surface area contributed by atoms with E-state index in [2.05, 4.69) is 40.0 Å². The van der Waals surface area contributed by atoms with Crippen molar-refractivity contribution in [1.29, 1.82) is 0 Å². The highest BCUT2D eigenvalue weighted by Crippen LogP contribution is 2.37. The fraction of sp³-hybridized carbons (Fsp3) is 0.800. The minimum absolute atomic E-state index is 0.331. The lowest BCUT2D eigenvalue weighted by molar-refractivity contribution is 0.0978. The Kier molecular flexibility index (Phi) is 3.30. The summed E-state index contributed by atoms with van der Waals surface area (Å²) in [6.07, 6.45) is 5.06. The summed E-state index contributed by atoms with van der Waals surface area (Å²) < 4.78 is 6.57. The summed E-state index contributed by atoms with van der Waals surface area (Å²) >= 11 is 4.73. The fourth-order valence-corrected chi connectivity index (χ4v) is 2.86. The molecule has 0 atom stereocenters. The third kappa shape index (κ3) is 3.14. The maximum atomic E-state index is 5.78. The first-order valence-electron chi connectivity index (χ1n) is 5.21. The molecule has 1 fully saturated rings. The van der Waals surface area contributed by atoms with Gasteiger partial charge in [0, 0.05) is 0 Å². The second-order valence-electron chi connectivity index (χ2n) is 4.80. The van der Waals surface area contributed by atoms with E-state index in [9.17, 15) is 0 Å². The van der Waals surface area contributed by atoms with Crippen molar-refractivity contribution in [2.24, 2.45) is 5.41 Å². The van der Waals surface area contributed by atoms with Crippen LogP contribution in [0.3, 0.4) is 0 Å². The SMILES string of the molecule is CC1(C)CCC(Oc2nnc(Br)s2)CC1. The van der Waals surface area contributed by atoms with E-state index >= 15 is 0 Å². The first kappa shape index (κ1) is 11.3. The summed E-state index contributed by atoms with van der Waals surface area (Å²) in [5, 5.41) is 8.50. The average Bonchev–Trinajstić information content (AvgIpc) is 2.55. The van der Waals surface area contributed by atoms with Crippen LogP contribution in [-0.2, 0) is 0 Å². The van der Waals surface area contributed by atoms with Crippen molar-refractivity contribution >= 4 is 27.3 Å². The van der Waals surface area contributed by atoms with Crippen molar-refractivity contribution in [3.8, 4) is 5.19 Å². The van der Waals surface area contributed by atoms with Crippen LogP contribution in [0.5, 0.6) is 5.19 Å². The first-order chi connectivity index (χ1) is 7.05. The Labute approximate surface area is 102 Å². The summed E-state index contributed by atoms with van der Waals surface area (Å²) in [6, 6.07) is 0. The molecule has 1 aromatic heterocycles. The molecule has 0 spiro atoms. The standard InChI is InChI=1S/C10H15BrN2OS/c1-10(2)5-3-7(4-6-10)14-9-13-12-8(11)15-9/h7H,3-6H2,1-2H3. The predicted octanol–water partition coefficient (Wildman–Crippen LogP) is 3.65. The van der Waals surface area contributed by atoms with Gasteiger partial charge in [0.05, 0.1) is 0 Å². The van der Waals surface area contributed by atoms with Crippen LogP contribution in [0.15, 0.2) is 3.92 Å². The molecule has 15 heavy (non-hydrogen) atoms. The van der Waals surface area contributed by atoms with Gasteiger partial charge in [-0.2, -0.15) is 0 Å². The highest BCUT2D eigenvalue weighted by atomic mass is 79.9. The van der Waals surface area contributed by atoms with Gasteiger partial charge in [0.2, 0.25) is 0 Å². The van der Waals surface area contributed by atoms with Crippen molar-refractivity contribution in [3.63, 3.8) is 0 Å². The van der Waals surface area contributed by atoms with E-state index in [1.54, 1.807) is 0 Å². The normalized spacial score (nSPS) is 21.5. The van der Waals surface area contributed by atoms with Crippen LogP contribution >= 0.6 is 27.3 Å². The Hall–Kier alpha value is -0.160. The van der Waals surface area contributed by atoms with Crippen LogP contribution in [0.4, 0.5) is 0 Å². The summed E-state index contributed by atoms with van der Waals surface area (Å²) in [5.41, 5.74) is 0.488. The van der Waals surface area contributed by atoms with Gasteiger partial charge in [-0.15, -0.1) is 5.10 Å². The van der Waals surface area contributed by atoms with Gasteiger partial charge < -0.3 is 4.74 Å². The Balaban J connectivity index is 1.87. The summed E-state index contributed by atoms with van der Waals surface area (Å²) in [5.74, 6) is 0. The van der Waals surface area contributed by atoms with E-state index < -0.39 is 0 Å². The zero-order valence-electron chi connectivity index (χ0n) is 8.99. The summed E-state index contributed by atoms with van der Waals surface area (Å²) in [4.78, 5) is 0. The molecular formula is C10H15BrN2OS. The Morgan fingerprint density at radius 3 is 2.53 bits per heavy atom. The van der Waals surface area contributed by atoms with Gasteiger partial charge in [0.15, 0.2) is 3.92 Å². The maximum absolute atomic E-state index is 5.78. The van der Waals surface area contributed by atoms with Gasteiger partial charge >= 0.3 is 0 Å². The zero-order chi connectivity index (χ0) is 10.9. The second kappa shape index (κ2) is 4.37. The number of rotatable bonds is 2. The van der Waals surface area contributed by atoms with E-state index in [1.165, 1.54) is 24.2 Å². The Morgan fingerprint density at radius 2 is 2.00 bits per heavy atom. The number of hydrogen-bond donors (Lipinski definition) is 0. The second-order valence-corrected chi connectivity index (χ2v) is 7.02. The number of ether oxygens (including phenoxy) is 1. The average molecular weight is 291 g/mol. The molecule has 1 aliphatic carbocycles. The molecular weight excluding hydrogens is 276 g/mol. The molecule has 0 bridgehead atoms. The Bertz CT molecular complexity index is 330. The molecule has 1 saturated carbocycles. The van der Waals surface area contributed by atoms with Crippen LogP contribution < -0.4 is 4.74 Å². The number of aromatic nitrogens is 2. The molecule has 1 aromatic rings. The summed E-state index contributed by atoms with van der Waals surface area (Å²) in [6.45, 7) is 4.65. The van der Waals surface area contributed by atoms with Crippen LogP contribution in [0.25, 0.3) is 0 Å². The van der Waals surface area contributed by atoms with Crippen LogP contribution in [0.2, 0.25) is 0 Å². The highest BCUT2D eigenvalue weighted by molar-refractivity contribution is 9.11. The molecule has 0 aliphatic heterocycles. The van der Waals surface area contributed by atoms with Gasteiger partial charge in [-0.25, -0.2) is 0 Å².